The van der Waals surface area contributed by atoms with Gasteiger partial charge < -0.3 is 24.8 Å². The van der Waals surface area contributed by atoms with Gasteiger partial charge in [0.25, 0.3) is 0 Å². The Morgan fingerprint density at radius 3 is 2.56 bits per heavy atom. The summed E-state index contributed by atoms with van der Waals surface area (Å²) in [6, 6.07) is 12.1. The molecule has 4 rings (SSSR count). The molecule has 9 heteroatoms. The van der Waals surface area contributed by atoms with E-state index in [4.69, 9.17) is 19.9 Å². The van der Waals surface area contributed by atoms with Crippen molar-refractivity contribution in [1.82, 2.24) is 9.80 Å². The topological polar surface area (TPSA) is 132 Å². The molecule has 1 aromatic rings. The fraction of sp³-hybridized carbons (Fsp3) is 0.519. The molecule has 188 valence electrons. The number of fused-ring (bicyclic) bond motifs is 1. The second kappa shape index (κ2) is 11.0. The number of morpholine rings is 1. The van der Waals surface area contributed by atoms with E-state index in [9.17, 15) is 15.8 Å². The molecule has 2 aliphatic heterocycles. The summed E-state index contributed by atoms with van der Waals surface area (Å²) in [6.07, 6.45) is 1.98. The summed E-state index contributed by atoms with van der Waals surface area (Å²) in [5.74, 6) is 0.361. The first-order valence-electron chi connectivity index (χ1n) is 12.3. The van der Waals surface area contributed by atoms with E-state index in [2.05, 4.69) is 28.0 Å². The molecule has 1 fully saturated rings. The van der Waals surface area contributed by atoms with E-state index in [1.807, 2.05) is 38.2 Å². The predicted octanol–water partition coefficient (Wildman–Crippen LogP) is 2.15. The molecule has 9 nitrogen and oxygen atoms in total. The lowest BCUT2D eigenvalue weighted by Gasteiger charge is -2.45. The van der Waals surface area contributed by atoms with Crippen LogP contribution in [0.25, 0.3) is 0 Å². The fourth-order valence-electron chi connectivity index (χ4n) is 5.42. The van der Waals surface area contributed by atoms with Crippen molar-refractivity contribution >= 4 is 0 Å². The normalized spacial score (nSPS) is 24.0. The van der Waals surface area contributed by atoms with Gasteiger partial charge in [0.2, 0.25) is 0 Å². The van der Waals surface area contributed by atoms with E-state index in [1.165, 1.54) is 0 Å². The van der Waals surface area contributed by atoms with Crippen LogP contribution >= 0.6 is 0 Å². The minimum absolute atomic E-state index is 0.0239. The molecule has 2 heterocycles. The van der Waals surface area contributed by atoms with Crippen molar-refractivity contribution in [3.05, 3.63) is 46.7 Å². The van der Waals surface area contributed by atoms with Crippen LogP contribution in [0, 0.1) is 45.3 Å². The van der Waals surface area contributed by atoms with Gasteiger partial charge in [-0.3, -0.25) is 4.90 Å². The van der Waals surface area contributed by atoms with Gasteiger partial charge >= 0.3 is 0 Å². The lowest BCUT2D eigenvalue weighted by atomic mass is 9.58. The SMILES string of the molecule is CCOc1cc(C2C3CN(C)CC=C3C(C#N)=C(N)C2(C#N)C#N)ccc1OCCN1CCOCC1. The standard InChI is InChI=1S/C27H32N6O3/c1-3-35-24-14-19(4-5-23(24)36-13-10-33-8-11-34-12-9-33)25-22-16-32(2)7-6-20(22)21(15-28)26(31)27(25,17-29)18-30/h4-6,14,22,25H,3,7-13,16,31H2,1-2H3. The molecule has 36 heavy (non-hydrogen) atoms. The first kappa shape index (κ1) is 25.5. The third-order valence-electron chi connectivity index (χ3n) is 7.24. The second-order valence-corrected chi connectivity index (χ2v) is 9.34. The van der Waals surface area contributed by atoms with Gasteiger partial charge in [-0.25, -0.2) is 0 Å². The van der Waals surface area contributed by atoms with Crippen molar-refractivity contribution in [2.75, 3.05) is 66.2 Å². The average Bonchev–Trinajstić information content (AvgIpc) is 2.90. The summed E-state index contributed by atoms with van der Waals surface area (Å²) in [7, 11) is 1.98. The van der Waals surface area contributed by atoms with Gasteiger partial charge in [0.1, 0.15) is 12.7 Å². The van der Waals surface area contributed by atoms with Crippen molar-refractivity contribution in [3.63, 3.8) is 0 Å². The summed E-state index contributed by atoms with van der Waals surface area (Å²) in [6.45, 7) is 8.14. The zero-order chi connectivity index (χ0) is 25.7. The van der Waals surface area contributed by atoms with E-state index in [0.29, 0.717) is 37.8 Å². The van der Waals surface area contributed by atoms with Crippen molar-refractivity contribution in [3.8, 4) is 29.7 Å². The maximum Gasteiger partial charge on any atom is 0.191 e. The number of benzene rings is 1. The highest BCUT2D eigenvalue weighted by atomic mass is 16.5. The number of rotatable bonds is 7. The van der Waals surface area contributed by atoms with Crippen LogP contribution in [-0.4, -0.2) is 76.0 Å². The molecule has 1 saturated heterocycles. The van der Waals surface area contributed by atoms with E-state index in [-0.39, 0.29) is 17.2 Å². The molecule has 2 N–H and O–H groups in total. The Labute approximate surface area is 212 Å². The summed E-state index contributed by atoms with van der Waals surface area (Å²) in [5, 5.41) is 30.4. The Morgan fingerprint density at radius 1 is 1.14 bits per heavy atom. The second-order valence-electron chi connectivity index (χ2n) is 9.34. The number of nitriles is 3. The quantitative estimate of drug-likeness (QED) is 0.613. The van der Waals surface area contributed by atoms with Crippen molar-refractivity contribution in [2.45, 2.75) is 12.8 Å². The van der Waals surface area contributed by atoms with Crippen LogP contribution in [0.15, 0.2) is 41.1 Å². The summed E-state index contributed by atoms with van der Waals surface area (Å²) >= 11 is 0. The molecular formula is C27H32N6O3. The highest BCUT2D eigenvalue weighted by Crippen LogP contribution is 2.54. The lowest BCUT2D eigenvalue weighted by molar-refractivity contribution is 0.0321. The Kier molecular flexibility index (Phi) is 7.82. The average molecular weight is 489 g/mol. The maximum atomic E-state index is 10.3. The van der Waals surface area contributed by atoms with Crippen LogP contribution in [0.3, 0.4) is 0 Å². The van der Waals surface area contributed by atoms with Gasteiger partial charge in [0, 0.05) is 44.6 Å². The third kappa shape index (κ3) is 4.64. The molecule has 0 amide bonds. The van der Waals surface area contributed by atoms with Crippen LogP contribution in [-0.2, 0) is 4.74 Å². The van der Waals surface area contributed by atoms with Crippen LogP contribution in [0.1, 0.15) is 18.4 Å². The van der Waals surface area contributed by atoms with Crippen molar-refractivity contribution in [2.24, 2.45) is 17.1 Å². The zero-order valence-electron chi connectivity index (χ0n) is 20.9. The molecule has 0 saturated carbocycles. The molecule has 0 aromatic heterocycles. The van der Waals surface area contributed by atoms with Crippen LogP contribution in [0.4, 0.5) is 0 Å². The molecule has 0 spiro atoms. The molecule has 2 atom stereocenters. The molecular weight excluding hydrogens is 456 g/mol. The van der Waals surface area contributed by atoms with Crippen LogP contribution < -0.4 is 15.2 Å². The van der Waals surface area contributed by atoms with Crippen LogP contribution in [0.2, 0.25) is 0 Å². The van der Waals surface area contributed by atoms with E-state index in [0.717, 1.165) is 44.0 Å². The predicted molar refractivity (Wildman–Crippen MR) is 133 cm³/mol. The first-order chi connectivity index (χ1) is 17.5. The Bertz CT molecular complexity index is 1150. The molecule has 0 radical (unpaired) electrons. The number of hydrogen-bond donors (Lipinski definition) is 1. The third-order valence-corrected chi connectivity index (χ3v) is 7.24. The highest BCUT2D eigenvalue weighted by Gasteiger charge is 2.54. The minimum Gasteiger partial charge on any atom is -0.490 e. The van der Waals surface area contributed by atoms with E-state index < -0.39 is 11.3 Å². The van der Waals surface area contributed by atoms with Gasteiger partial charge in [0.05, 0.1) is 43.2 Å². The molecule has 2 unspecified atom stereocenters. The van der Waals surface area contributed by atoms with Gasteiger partial charge in [0.15, 0.2) is 16.9 Å². The van der Waals surface area contributed by atoms with Gasteiger partial charge in [-0.05, 0) is 37.2 Å². The number of nitrogens with two attached hydrogens (primary N) is 1. The Hall–Kier alpha value is -3.55. The summed E-state index contributed by atoms with van der Waals surface area (Å²) in [4.78, 5) is 4.41. The number of likely N-dealkylation sites (N-methyl/N-ethyl adjacent to an activating group) is 1. The van der Waals surface area contributed by atoms with E-state index >= 15 is 0 Å². The lowest BCUT2D eigenvalue weighted by Crippen LogP contribution is -2.47. The molecule has 3 aliphatic rings. The number of ether oxygens (including phenoxy) is 3. The zero-order valence-corrected chi connectivity index (χ0v) is 20.9. The summed E-state index contributed by atoms with van der Waals surface area (Å²) < 4.78 is 17.4. The van der Waals surface area contributed by atoms with Crippen molar-refractivity contribution in [1.29, 1.82) is 15.8 Å². The van der Waals surface area contributed by atoms with Gasteiger partial charge in [-0.1, -0.05) is 12.1 Å². The highest BCUT2D eigenvalue weighted by molar-refractivity contribution is 5.60. The summed E-state index contributed by atoms with van der Waals surface area (Å²) in [5.41, 5.74) is 6.58. The maximum absolute atomic E-state index is 10.3. The Balaban J connectivity index is 1.70. The van der Waals surface area contributed by atoms with E-state index in [1.54, 1.807) is 0 Å². The monoisotopic (exact) mass is 488 g/mol. The number of nitrogens with zero attached hydrogens (tertiary/aromatic N) is 5. The van der Waals surface area contributed by atoms with Gasteiger partial charge in [-0.15, -0.1) is 0 Å². The minimum atomic E-state index is -1.67. The Morgan fingerprint density at radius 2 is 1.89 bits per heavy atom. The molecule has 1 aromatic carbocycles. The fourth-order valence-corrected chi connectivity index (χ4v) is 5.42. The molecule has 1 aliphatic carbocycles. The van der Waals surface area contributed by atoms with Crippen LogP contribution in [0.5, 0.6) is 11.5 Å². The first-order valence-corrected chi connectivity index (χ1v) is 12.3. The van der Waals surface area contributed by atoms with Crippen molar-refractivity contribution < 1.29 is 14.2 Å². The number of hydrogen-bond acceptors (Lipinski definition) is 9. The van der Waals surface area contributed by atoms with Gasteiger partial charge in [-0.2, -0.15) is 15.8 Å². The largest absolute Gasteiger partial charge is 0.490 e. The smallest absolute Gasteiger partial charge is 0.191 e. The molecule has 0 bridgehead atoms. The number of allylic oxidation sites excluding steroid dienone is 2.